The lowest BCUT2D eigenvalue weighted by Gasteiger charge is -2.07. The predicted molar refractivity (Wildman–Crippen MR) is 76.5 cm³/mol. The zero-order valence-electron chi connectivity index (χ0n) is 11.1. The fourth-order valence-corrected chi connectivity index (χ4v) is 2.19. The molecule has 2 aromatic heterocycles. The van der Waals surface area contributed by atoms with Crippen LogP contribution in [0.5, 0.6) is 5.75 Å². The van der Waals surface area contributed by atoms with Gasteiger partial charge in [-0.05, 0) is 37.6 Å². The van der Waals surface area contributed by atoms with Crippen LogP contribution in [-0.2, 0) is 0 Å². The van der Waals surface area contributed by atoms with Gasteiger partial charge in [-0.2, -0.15) is 0 Å². The molecule has 1 aromatic carbocycles. The topological polar surface area (TPSA) is 26.5 Å². The van der Waals surface area contributed by atoms with Gasteiger partial charge in [0.25, 0.3) is 0 Å². The Hall–Kier alpha value is -2.29. The highest BCUT2D eigenvalue weighted by Gasteiger charge is 2.09. The summed E-state index contributed by atoms with van der Waals surface area (Å²) in [6.45, 7) is 4.72. The summed E-state index contributed by atoms with van der Waals surface area (Å²) >= 11 is 0. The maximum atomic E-state index is 5.66. The fraction of sp³-hybridized carbons (Fsp3) is 0.188. The van der Waals surface area contributed by atoms with Crippen molar-refractivity contribution in [1.29, 1.82) is 0 Å². The summed E-state index contributed by atoms with van der Waals surface area (Å²) < 4.78 is 7.71. The van der Waals surface area contributed by atoms with Crippen molar-refractivity contribution in [2.45, 2.75) is 13.8 Å². The second kappa shape index (κ2) is 4.76. The average molecular weight is 252 g/mol. The third-order valence-electron chi connectivity index (χ3n) is 3.06. The number of hydrogen-bond acceptors (Lipinski definition) is 2. The third kappa shape index (κ3) is 2.19. The van der Waals surface area contributed by atoms with Gasteiger partial charge < -0.3 is 9.14 Å². The molecule has 0 unspecified atom stereocenters. The molecule has 3 nitrogen and oxygen atoms in total. The minimum absolute atomic E-state index is 0.656. The highest BCUT2D eigenvalue weighted by molar-refractivity contribution is 5.69. The fourth-order valence-electron chi connectivity index (χ4n) is 2.19. The van der Waals surface area contributed by atoms with Crippen LogP contribution >= 0.6 is 0 Å². The van der Waals surface area contributed by atoms with Crippen LogP contribution in [0.3, 0.4) is 0 Å². The highest BCUT2D eigenvalue weighted by atomic mass is 16.5. The third-order valence-corrected chi connectivity index (χ3v) is 3.06. The number of benzene rings is 1. The molecule has 0 aliphatic heterocycles. The van der Waals surface area contributed by atoms with E-state index in [1.54, 1.807) is 0 Å². The molecule has 2 heterocycles. The van der Waals surface area contributed by atoms with E-state index in [9.17, 15) is 0 Å². The minimum atomic E-state index is 0.656. The van der Waals surface area contributed by atoms with E-state index < -0.39 is 0 Å². The van der Waals surface area contributed by atoms with Crippen LogP contribution in [0.4, 0.5) is 0 Å². The molecule has 0 aliphatic carbocycles. The normalized spacial score (nSPS) is 10.8. The predicted octanol–water partition coefficient (Wildman–Crippen LogP) is 3.71. The number of ether oxygens (including phenoxy) is 1. The number of fused-ring (bicyclic) bond motifs is 1. The first kappa shape index (κ1) is 11.8. The molecule has 0 saturated carbocycles. The highest BCUT2D eigenvalue weighted by Crippen LogP contribution is 2.29. The molecule has 0 N–H and O–H groups in total. The van der Waals surface area contributed by atoms with Crippen molar-refractivity contribution in [3.8, 4) is 17.0 Å². The maximum absolute atomic E-state index is 5.66. The number of imidazole rings is 1. The molecule has 0 bridgehead atoms. The molecule has 3 heteroatoms. The van der Waals surface area contributed by atoms with Crippen molar-refractivity contribution < 1.29 is 4.74 Å². The van der Waals surface area contributed by atoms with E-state index in [0.29, 0.717) is 6.61 Å². The Balaban J connectivity index is 2.13. The van der Waals surface area contributed by atoms with Crippen LogP contribution in [0.25, 0.3) is 16.9 Å². The molecule has 0 atom stereocenters. The van der Waals surface area contributed by atoms with E-state index in [1.807, 2.05) is 47.9 Å². The van der Waals surface area contributed by atoms with Crippen molar-refractivity contribution in [2.24, 2.45) is 0 Å². The summed E-state index contributed by atoms with van der Waals surface area (Å²) in [5.41, 5.74) is 4.14. The van der Waals surface area contributed by atoms with Gasteiger partial charge in [-0.25, -0.2) is 4.98 Å². The lowest BCUT2D eigenvalue weighted by Crippen LogP contribution is -1.93. The number of aryl methyl sites for hydroxylation is 1. The molecule has 19 heavy (non-hydrogen) atoms. The molecule has 0 saturated heterocycles. The molecule has 0 radical (unpaired) electrons. The molecule has 0 amide bonds. The van der Waals surface area contributed by atoms with E-state index in [1.165, 1.54) is 5.56 Å². The molecular weight excluding hydrogens is 236 g/mol. The molecular formula is C16H16N2O. The monoisotopic (exact) mass is 252 g/mol. The molecule has 96 valence electrons. The summed E-state index contributed by atoms with van der Waals surface area (Å²) in [6.07, 6.45) is 4.12. The van der Waals surface area contributed by atoms with Crippen LogP contribution in [0.2, 0.25) is 0 Å². The smallest absolute Gasteiger partial charge is 0.137 e. The summed E-state index contributed by atoms with van der Waals surface area (Å²) in [7, 11) is 0. The van der Waals surface area contributed by atoms with E-state index in [-0.39, 0.29) is 0 Å². The van der Waals surface area contributed by atoms with Crippen LogP contribution in [-0.4, -0.2) is 16.0 Å². The SMILES string of the molecule is CCOc1ccccc1-c1cn2cc(C)ccc2n1. The molecule has 0 fully saturated rings. The van der Waals surface area contributed by atoms with Crippen LogP contribution in [0.1, 0.15) is 12.5 Å². The van der Waals surface area contributed by atoms with Crippen molar-refractivity contribution >= 4 is 5.65 Å². The first-order chi connectivity index (χ1) is 9.28. The number of aromatic nitrogens is 2. The van der Waals surface area contributed by atoms with Gasteiger partial charge in [0.1, 0.15) is 11.4 Å². The second-order valence-corrected chi connectivity index (χ2v) is 4.53. The Labute approximate surface area is 112 Å². The molecule has 3 aromatic rings. The van der Waals surface area contributed by atoms with Crippen molar-refractivity contribution in [3.05, 3.63) is 54.4 Å². The zero-order valence-corrected chi connectivity index (χ0v) is 11.1. The van der Waals surface area contributed by atoms with E-state index in [0.717, 1.165) is 22.7 Å². The van der Waals surface area contributed by atoms with Gasteiger partial charge in [-0.3, -0.25) is 0 Å². The number of para-hydroxylation sites is 1. The van der Waals surface area contributed by atoms with E-state index in [4.69, 9.17) is 4.74 Å². The quantitative estimate of drug-likeness (QED) is 0.710. The summed E-state index contributed by atoms with van der Waals surface area (Å²) in [6, 6.07) is 12.1. The number of hydrogen-bond donors (Lipinski definition) is 0. The van der Waals surface area contributed by atoms with Crippen LogP contribution in [0.15, 0.2) is 48.8 Å². The Morgan fingerprint density at radius 3 is 2.79 bits per heavy atom. The Morgan fingerprint density at radius 1 is 1.11 bits per heavy atom. The Morgan fingerprint density at radius 2 is 1.95 bits per heavy atom. The van der Waals surface area contributed by atoms with Gasteiger partial charge in [-0.15, -0.1) is 0 Å². The lowest BCUT2D eigenvalue weighted by atomic mass is 10.1. The average Bonchev–Trinajstić information content (AvgIpc) is 2.82. The first-order valence-corrected chi connectivity index (χ1v) is 6.45. The molecule has 0 spiro atoms. The van der Waals surface area contributed by atoms with Crippen molar-refractivity contribution in [2.75, 3.05) is 6.61 Å². The van der Waals surface area contributed by atoms with Gasteiger partial charge in [0, 0.05) is 18.0 Å². The van der Waals surface area contributed by atoms with Gasteiger partial charge in [-0.1, -0.05) is 18.2 Å². The van der Waals surface area contributed by atoms with Gasteiger partial charge in [0.15, 0.2) is 0 Å². The molecule has 3 rings (SSSR count). The lowest BCUT2D eigenvalue weighted by molar-refractivity contribution is 0.341. The van der Waals surface area contributed by atoms with Crippen molar-refractivity contribution in [1.82, 2.24) is 9.38 Å². The van der Waals surface area contributed by atoms with Crippen molar-refractivity contribution in [3.63, 3.8) is 0 Å². The standard InChI is InChI=1S/C16H16N2O/c1-3-19-15-7-5-4-6-13(15)14-11-18-10-12(2)8-9-16(18)17-14/h4-11H,3H2,1-2H3. The van der Waals surface area contributed by atoms with E-state index in [2.05, 4.69) is 24.2 Å². The van der Waals surface area contributed by atoms with Crippen LogP contribution in [0, 0.1) is 6.92 Å². The number of pyridine rings is 1. The zero-order chi connectivity index (χ0) is 13.2. The Bertz CT molecular complexity index is 716. The number of rotatable bonds is 3. The van der Waals surface area contributed by atoms with Gasteiger partial charge in [0.05, 0.1) is 12.3 Å². The number of nitrogens with zero attached hydrogens (tertiary/aromatic N) is 2. The van der Waals surface area contributed by atoms with E-state index >= 15 is 0 Å². The Kier molecular flexibility index (Phi) is 2.95. The first-order valence-electron chi connectivity index (χ1n) is 6.45. The summed E-state index contributed by atoms with van der Waals surface area (Å²) in [5, 5.41) is 0. The summed E-state index contributed by atoms with van der Waals surface area (Å²) in [5.74, 6) is 0.880. The largest absolute Gasteiger partial charge is 0.493 e. The van der Waals surface area contributed by atoms with Crippen LogP contribution < -0.4 is 4.74 Å². The minimum Gasteiger partial charge on any atom is -0.493 e. The maximum Gasteiger partial charge on any atom is 0.137 e. The van der Waals surface area contributed by atoms with Gasteiger partial charge in [0.2, 0.25) is 0 Å². The van der Waals surface area contributed by atoms with Gasteiger partial charge >= 0.3 is 0 Å². The summed E-state index contributed by atoms with van der Waals surface area (Å²) in [4.78, 5) is 4.65. The molecule has 0 aliphatic rings. The second-order valence-electron chi connectivity index (χ2n) is 4.53.